The number of nitriles is 1. The Kier molecular flexibility index (Phi) is 4.20. The first-order valence-electron chi connectivity index (χ1n) is 9.39. The van der Waals surface area contributed by atoms with E-state index < -0.39 is 0 Å². The number of benzene rings is 1. The maximum absolute atomic E-state index is 10.4. The van der Waals surface area contributed by atoms with Gasteiger partial charge in [-0.1, -0.05) is 30.3 Å². The summed E-state index contributed by atoms with van der Waals surface area (Å²) in [7, 11) is 0. The molecule has 3 heterocycles. The second-order valence-electron chi connectivity index (χ2n) is 7.91. The fraction of sp³-hybridized carbons (Fsp3) is 0.455. The fourth-order valence-corrected chi connectivity index (χ4v) is 5.17. The number of rotatable bonds is 4. The molecule has 2 aliphatic rings. The number of aliphatic hydroxyl groups is 1. The third-order valence-electron chi connectivity index (χ3n) is 6.33. The Morgan fingerprint density at radius 2 is 2.04 bits per heavy atom. The van der Waals surface area contributed by atoms with Crippen molar-refractivity contribution in [3.8, 4) is 6.07 Å². The van der Waals surface area contributed by atoms with Crippen LogP contribution in [-0.4, -0.2) is 28.8 Å². The molecule has 4 rings (SSSR count). The molecule has 1 aromatic heterocycles. The SMILES string of the molecule is Cc1cc(N2[C@@H]3CC[C@H]2[C@](CO)(Cc2ccccc2)C3)nc(C)c1C#N. The van der Waals surface area contributed by atoms with E-state index in [9.17, 15) is 10.4 Å². The Balaban J connectivity index is 1.69. The third-order valence-corrected chi connectivity index (χ3v) is 6.33. The molecule has 0 aliphatic carbocycles. The summed E-state index contributed by atoms with van der Waals surface area (Å²) in [6.45, 7) is 4.10. The van der Waals surface area contributed by atoms with Crippen molar-refractivity contribution >= 4 is 5.82 Å². The van der Waals surface area contributed by atoms with Crippen LogP contribution in [0.5, 0.6) is 0 Å². The van der Waals surface area contributed by atoms with E-state index in [2.05, 4.69) is 35.2 Å². The first kappa shape index (κ1) is 17.1. The lowest BCUT2D eigenvalue weighted by Gasteiger charge is -2.36. The van der Waals surface area contributed by atoms with Crippen molar-refractivity contribution in [1.29, 1.82) is 5.26 Å². The highest BCUT2D eigenvalue weighted by Crippen LogP contribution is 2.52. The van der Waals surface area contributed by atoms with E-state index >= 15 is 0 Å². The van der Waals surface area contributed by atoms with Crippen molar-refractivity contribution in [2.45, 2.75) is 51.6 Å². The van der Waals surface area contributed by atoms with Gasteiger partial charge in [0, 0.05) is 17.5 Å². The Hall–Kier alpha value is -2.38. The molecule has 1 aromatic carbocycles. The minimum atomic E-state index is -0.109. The molecule has 1 N–H and O–H groups in total. The second kappa shape index (κ2) is 6.41. The molecule has 2 aliphatic heterocycles. The Labute approximate surface area is 155 Å². The molecule has 26 heavy (non-hydrogen) atoms. The van der Waals surface area contributed by atoms with Crippen LogP contribution in [-0.2, 0) is 6.42 Å². The monoisotopic (exact) mass is 347 g/mol. The van der Waals surface area contributed by atoms with Gasteiger partial charge in [-0.15, -0.1) is 0 Å². The van der Waals surface area contributed by atoms with E-state index in [-0.39, 0.29) is 12.0 Å². The van der Waals surface area contributed by atoms with E-state index in [0.717, 1.165) is 42.8 Å². The molecule has 0 radical (unpaired) electrons. The molecule has 3 atom stereocenters. The molecule has 4 nitrogen and oxygen atoms in total. The summed E-state index contributed by atoms with van der Waals surface area (Å²) in [5.74, 6) is 0.967. The lowest BCUT2D eigenvalue weighted by atomic mass is 9.70. The molecular weight excluding hydrogens is 322 g/mol. The minimum absolute atomic E-state index is 0.109. The average molecular weight is 347 g/mol. The van der Waals surface area contributed by atoms with Gasteiger partial charge in [0.1, 0.15) is 11.9 Å². The number of aromatic nitrogens is 1. The number of nitrogens with zero attached hydrogens (tertiary/aromatic N) is 3. The number of fused-ring (bicyclic) bond motifs is 2. The van der Waals surface area contributed by atoms with Crippen LogP contribution in [0.2, 0.25) is 0 Å². The largest absolute Gasteiger partial charge is 0.396 e. The Bertz CT molecular complexity index is 834. The van der Waals surface area contributed by atoms with Crippen molar-refractivity contribution in [3.05, 3.63) is 58.8 Å². The maximum Gasteiger partial charge on any atom is 0.129 e. The molecule has 134 valence electrons. The number of aliphatic hydroxyl groups excluding tert-OH is 1. The Morgan fingerprint density at radius 1 is 1.27 bits per heavy atom. The molecule has 0 amide bonds. The van der Waals surface area contributed by atoms with Gasteiger partial charge in [0.05, 0.1) is 17.9 Å². The van der Waals surface area contributed by atoms with Gasteiger partial charge in [0.15, 0.2) is 0 Å². The van der Waals surface area contributed by atoms with E-state index in [1.165, 1.54) is 5.56 Å². The highest BCUT2D eigenvalue weighted by atomic mass is 16.3. The highest BCUT2D eigenvalue weighted by Gasteiger charge is 2.55. The zero-order valence-electron chi connectivity index (χ0n) is 15.4. The molecule has 0 unspecified atom stereocenters. The molecule has 2 saturated heterocycles. The quantitative estimate of drug-likeness (QED) is 0.919. The van der Waals surface area contributed by atoms with Gasteiger partial charge in [0.2, 0.25) is 0 Å². The smallest absolute Gasteiger partial charge is 0.129 e. The van der Waals surface area contributed by atoms with Gasteiger partial charge in [-0.3, -0.25) is 0 Å². The Morgan fingerprint density at radius 3 is 2.69 bits per heavy atom. The van der Waals surface area contributed by atoms with Gasteiger partial charge >= 0.3 is 0 Å². The van der Waals surface area contributed by atoms with Gasteiger partial charge in [-0.25, -0.2) is 4.98 Å². The van der Waals surface area contributed by atoms with Gasteiger partial charge in [0.25, 0.3) is 0 Å². The van der Waals surface area contributed by atoms with E-state index in [1.807, 2.05) is 26.0 Å². The molecule has 0 spiro atoms. The van der Waals surface area contributed by atoms with Crippen LogP contribution in [0.4, 0.5) is 5.82 Å². The zero-order chi connectivity index (χ0) is 18.3. The molecular formula is C22H25N3O. The number of hydrogen-bond acceptors (Lipinski definition) is 4. The summed E-state index contributed by atoms with van der Waals surface area (Å²) in [5.41, 5.74) is 3.64. The van der Waals surface area contributed by atoms with Gasteiger partial charge in [-0.05, 0) is 56.7 Å². The molecule has 0 saturated carbocycles. The number of aryl methyl sites for hydroxylation is 2. The fourth-order valence-electron chi connectivity index (χ4n) is 5.17. The highest BCUT2D eigenvalue weighted by molar-refractivity contribution is 5.54. The van der Waals surface area contributed by atoms with Crippen molar-refractivity contribution in [2.24, 2.45) is 5.41 Å². The van der Waals surface area contributed by atoms with E-state index in [1.54, 1.807) is 0 Å². The summed E-state index contributed by atoms with van der Waals surface area (Å²) >= 11 is 0. The first-order valence-corrected chi connectivity index (χ1v) is 9.39. The maximum atomic E-state index is 10.4. The number of pyridine rings is 1. The first-order chi connectivity index (χ1) is 12.6. The van der Waals surface area contributed by atoms with Crippen LogP contribution in [0.3, 0.4) is 0 Å². The topological polar surface area (TPSA) is 60.1 Å². The van der Waals surface area contributed by atoms with Crippen molar-refractivity contribution < 1.29 is 5.11 Å². The molecule has 2 bridgehead atoms. The summed E-state index contributed by atoms with van der Waals surface area (Å²) in [5, 5.41) is 19.7. The third kappa shape index (κ3) is 2.59. The van der Waals surface area contributed by atoms with Crippen LogP contribution >= 0.6 is 0 Å². The zero-order valence-corrected chi connectivity index (χ0v) is 15.4. The summed E-state index contributed by atoms with van der Waals surface area (Å²) in [4.78, 5) is 7.19. The summed E-state index contributed by atoms with van der Waals surface area (Å²) < 4.78 is 0. The van der Waals surface area contributed by atoms with Crippen molar-refractivity contribution in [3.63, 3.8) is 0 Å². The molecule has 2 fully saturated rings. The normalized spacial score (nSPS) is 26.9. The van der Waals surface area contributed by atoms with Crippen LogP contribution in [0.25, 0.3) is 0 Å². The summed E-state index contributed by atoms with van der Waals surface area (Å²) in [6.07, 6.45) is 4.15. The molecule has 4 heteroatoms. The predicted octanol–water partition coefficient (Wildman–Crippen LogP) is 3.53. The van der Waals surface area contributed by atoms with Crippen molar-refractivity contribution in [2.75, 3.05) is 11.5 Å². The van der Waals surface area contributed by atoms with Crippen LogP contribution in [0, 0.1) is 30.6 Å². The lowest BCUT2D eigenvalue weighted by molar-refractivity contribution is 0.0984. The van der Waals surface area contributed by atoms with Crippen LogP contribution in [0.1, 0.15) is 41.6 Å². The van der Waals surface area contributed by atoms with E-state index in [4.69, 9.17) is 4.98 Å². The minimum Gasteiger partial charge on any atom is -0.396 e. The van der Waals surface area contributed by atoms with Crippen LogP contribution < -0.4 is 4.90 Å². The lowest BCUT2D eigenvalue weighted by Crippen LogP contribution is -2.42. The second-order valence-corrected chi connectivity index (χ2v) is 7.91. The van der Waals surface area contributed by atoms with Gasteiger partial charge in [-0.2, -0.15) is 5.26 Å². The van der Waals surface area contributed by atoms with E-state index in [0.29, 0.717) is 17.6 Å². The number of hydrogen-bond donors (Lipinski definition) is 1. The average Bonchev–Trinajstić information content (AvgIpc) is 3.18. The predicted molar refractivity (Wildman–Crippen MR) is 102 cm³/mol. The number of anilines is 1. The summed E-state index contributed by atoms with van der Waals surface area (Å²) in [6, 6.07) is 15.5. The standard InChI is InChI=1S/C22H25N3O/c1-15-10-21(24-16(2)19(15)13-23)25-18-8-9-20(25)22(12-18,14-26)11-17-6-4-3-5-7-17/h3-7,10,18,20,26H,8-9,11-12,14H2,1-2H3/t18-,20+,22-/m1/s1. The van der Waals surface area contributed by atoms with Crippen LogP contribution in [0.15, 0.2) is 36.4 Å². The van der Waals surface area contributed by atoms with Crippen molar-refractivity contribution in [1.82, 2.24) is 4.98 Å². The molecule has 2 aromatic rings. The van der Waals surface area contributed by atoms with Gasteiger partial charge < -0.3 is 10.0 Å².